The van der Waals surface area contributed by atoms with Gasteiger partial charge >= 0.3 is 6.09 Å². The lowest BCUT2D eigenvalue weighted by Gasteiger charge is -2.37. The molecule has 3 amide bonds. The van der Waals surface area contributed by atoms with Crippen molar-refractivity contribution in [1.29, 1.82) is 0 Å². The van der Waals surface area contributed by atoms with Crippen LogP contribution in [0.2, 0.25) is 0 Å². The number of nitrogens with zero attached hydrogens (tertiary/aromatic N) is 4. The van der Waals surface area contributed by atoms with Gasteiger partial charge in [-0.15, -0.1) is 0 Å². The number of aromatic nitrogens is 4. The highest BCUT2D eigenvalue weighted by Crippen LogP contribution is 2.51. The second-order valence-electron chi connectivity index (χ2n) is 16.6. The third-order valence-corrected chi connectivity index (χ3v) is 12.7. The van der Waals surface area contributed by atoms with Crippen LogP contribution in [0.3, 0.4) is 0 Å². The maximum atomic E-state index is 13.9. The number of alkyl carbamates (subject to hydrolysis) is 1. The molecule has 8 atom stereocenters. The number of benzene rings is 2. The van der Waals surface area contributed by atoms with E-state index in [2.05, 4.69) is 64.9 Å². The molecule has 0 unspecified atom stereocenters. The molecule has 4 heterocycles. The average Bonchev–Trinajstić information content (AvgIpc) is 4.03. The highest BCUT2D eigenvalue weighted by molar-refractivity contribution is 5.87. The van der Waals surface area contributed by atoms with Gasteiger partial charge in [-0.05, 0) is 98.1 Å². The van der Waals surface area contributed by atoms with E-state index in [4.69, 9.17) is 14.7 Å². The Bertz CT molecular complexity index is 2120. The number of fused-ring (bicyclic) bond motifs is 5. The summed E-state index contributed by atoms with van der Waals surface area (Å²) in [6.45, 7) is 10.2. The van der Waals surface area contributed by atoms with Gasteiger partial charge in [0.05, 0.1) is 42.1 Å². The Morgan fingerprint density at radius 1 is 0.796 bits per heavy atom. The van der Waals surface area contributed by atoms with Crippen LogP contribution in [0.4, 0.5) is 4.79 Å². The Morgan fingerprint density at radius 3 is 2.07 bits per heavy atom. The summed E-state index contributed by atoms with van der Waals surface area (Å²) in [7, 11) is 1.31. The molecule has 0 spiro atoms. The van der Waals surface area contributed by atoms with E-state index in [1.165, 1.54) is 7.11 Å². The normalized spacial score (nSPS) is 25.3. The summed E-state index contributed by atoms with van der Waals surface area (Å²) < 4.78 is 4.82. The Kier molecular flexibility index (Phi) is 9.49. The van der Waals surface area contributed by atoms with Crippen molar-refractivity contribution in [3.8, 4) is 23.1 Å². The number of nitrogens with one attached hydrogen (secondary N) is 3. The fraction of sp³-hybridized carbons (Fsp3) is 0.512. The van der Waals surface area contributed by atoms with E-state index >= 15 is 0 Å². The van der Waals surface area contributed by atoms with Crippen molar-refractivity contribution >= 4 is 28.9 Å². The first kappa shape index (κ1) is 35.9. The van der Waals surface area contributed by atoms with E-state index in [1.807, 2.05) is 55.3 Å². The summed E-state index contributed by atoms with van der Waals surface area (Å²) in [5, 5.41) is 2.76. The smallest absolute Gasteiger partial charge is 0.407 e. The van der Waals surface area contributed by atoms with Crippen LogP contribution in [0, 0.1) is 41.4 Å². The molecule has 11 heteroatoms. The highest BCUT2D eigenvalue weighted by Gasteiger charge is 2.52. The maximum Gasteiger partial charge on any atom is 0.407 e. The number of carbonyl (C=O) groups excluding carboxylic acids is 3. The number of piperidine rings is 2. The molecule has 2 aliphatic heterocycles. The van der Waals surface area contributed by atoms with Crippen LogP contribution in [0.15, 0.2) is 48.7 Å². The molecule has 4 aliphatic rings. The minimum atomic E-state index is -0.676. The first-order valence-electron chi connectivity index (χ1n) is 19.7. The molecule has 4 bridgehead atoms. The van der Waals surface area contributed by atoms with E-state index in [0.717, 1.165) is 83.6 Å². The van der Waals surface area contributed by atoms with Crippen LogP contribution in [0.25, 0.3) is 22.3 Å². The molecular weight excluding hydrogens is 679 g/mol. The lowest BCUT2D eigenvalue weighted by Crippen LogP contribution is -2.54. The van der Waals surface area contributed by atoms with Crippen LogP contribution < -0.4 is 5.32 Å². The van der Waals surface area contributed by atoms with Gasteiger partial charge in [0.2, 0.25) is 11.8 Å². The number of aromatic amines is 2. The fourth-order valence-corrected chi connectivity index (χ4v) is 9.45. The Labute approximate surface area is 317 Å². The van der Waals surface area contributed by atoms with Crippen molar-refractivity contribution in [3.63, 3.8) is 0 Å². The molecule has 2 saturated heterocycles. The Morgan fingerprint density at radius 2 is 1.43 bits per heavy atom. The predicted octanol–water partition coefficient (Wildman–Crippen LogP) is 7.13. The molecule has 282 valence electrons. The fourth-order valence-electron chi connectivity index (χ4n) is 9.45. The van der Waals surface area contributed by atoms with Crippen LogP contribution in [0.1, 0.15) is 108 Å². The highest BCUT2D eigenvalue weighted by atomic mass is 16.5. The molecule has 3 N–H and O–H groups in total. The molecular formula is C43H51N7O4. The summed E-state index contributed by atoms with van der Waals surface area (Å²) in [5.74, 6) is 9.42. The number of hydrogen-bond acceptors (Lipinski definition) is 6. The van der Waals surface area contributed by atoms with Gasteiger partial charge in [-0.3, -0.25) is 9.59 Å². The van der Waals surface area contributed by atoms with E-state index in [9.17, 15) is 14.4 Å². The van der Waals surface area contributed by atoms with E-state index < -0.39 is 12.1 Å². The standard InChI is InChI=1S/C43H51N7O4/c1-23(2)25(5)41(51)49-31-16-14-29(20-31)37(49)39-44-22-35(47-39)28-12-9-26(10-13-28)7-8-27-11-18-33-34(19-27)46-40(45-33)38-30-15-17-32(21-30)50(38)42(52)36(24(3)4)48-43(53)54-6/h9-13,18-19,22-25,29-32,36-38H,14-17,20-21H2,1-6H3,(H,44,47)(H,45,46)(H,48,53)/t25-,29-,30-,31-,32+,36-,37-,38-/m0/s1. The third-order valence-electron chi connectivity index (χ3n) is 12.7. The lowest BCUT2D eigenvalue weighted by atomic mass is 9.93. The van der Waals surface area contributed by atoms with Crippen molar-refractivity contribution < 1.29 is 19.1 Å². The molecule has 8 rings (SSSR count). The summed E-state index contributed by atoms with van der Waals surface area (Å²) >= 11 is 0. The first-order valence-corrected chi connectivity index (χ1v) is 19.7. The van der Waals surface area contributed by atoms with Crippen molar-refractivity contribution in [2.45, 2.75) is 103 Å². The zero-order valence-electron chi connectivity index (χ0n) is 32.1. The van der Waals surface area contributed by atoms with Gasteiger partial charge in [0.1, 0.15) is 17.7 Å². The van der Waals surface area contributed by atoms with Gasteiger partial charge in [0.15, 0.2) is 0 Å². The molecule has 2 aliphatic carbocycles. The summed E-state index contributed by atoms with van der Waals surface area (Å²) in [4.78, 5) is 60.5. The minimum Gasteiger partial charge on any atom is -0.453 e. The zero-order valence-corrected chi connectivity index (χ0v) is 32.1. The van der Waals surface area contributed by atoms with E-state index in [-0.39, 0.29) is 41.8 Å². The van der Waals surface area contributed by atoms with Crippen molar-refractivity contribution in [2.24, 2.45) is 29.6 Å². The Hall–Kier alpha value is -5.11. The summed E-state index contributed by atoms with van der Waals surface area (Å²) in [6.07, 6.45) is 7.52. The molecule has 54 heavy (non-hydrogen) atoms. The van der Waals surface area contributed by atoms with E-state index in [1.54, 1.807) is 0 Å². The maximum absolute atomic E-state index is 13.9. The molecule has 11 nitrogen and oxygen atoms in total. The summed E-state index contributed by atoms with van der Waals surface area (Å²) in [5.41, 5.74) is 5.42. The monoisotopic (exact) mass is 729 g/mol. The van der Waals surface area contributed by atoms with Crippen LogP contribution in [-0.4, -0.2) is 72.9 Å². The minimum absolute atomic E-state index is 0.00843. The van der Waals surface area contributed by atoms with E-state index in [0.29, 0.717) is 23.8 Å². The van der Waals surface area contributed by atoms with Crippen molar-refractivity contribution in [3.05, 3.63) is 71.4 Å². The van der Waals surface area contributed by atoms with Crippen LogP contribution in [-0.2, 0) is 14.3 Å². The number of likely N-dealkylation sites (tertiary alicyclic amines) is 2. The molecule has 0 radical (unpaired) electrons. The topological polar surface area (TPSA) is 136 Å². The van der Waals surface area contributed by atoms with Gasteiger partial charge in [-0.1, -0.05) is 58.6 Å². The average molecular weight is 730 g/mol. The Balaban J connectivity index is 0.971. The number of rotatable bonds is 8. The van der Waals surface area contributed by atoms with Gasteiger partial charge in [0, 0.05) is 29.1 Å². The molecule has 2 aromatic carbocycles. The summed E-state index contributed by atoms with van der Waals surface area (Å²) in [6, 6.07) is 13.7. The SMILES string of the molecule is COC(=O)N[C@H](C(=O)N1[C@@H]2CC[C@@H](C2)[C@H]1c1nc2ccc(C#Cc3ccc(-c4cnc([C@@H]5[C@H]6CC[C@@H](C6)N5C(=O)[C@@H](C)C(C)C)[nH]4)cc3)cc2[nH]1)C(C)C. The third kappa shape index (κ3) is 6.43. The number of amides is 3. The van der Waals surface area contributed by atoms with Crippen LogP contribution in [0.5, 0.6) is 0 Å². The van der Waals surface area contributed by atoms with Crippen molar-refractivity contribution in [2.75, 3.05) is 7.11 Å². The zero-order chi connectivity index (χ0) is 37.8. The number of methoxy groups -OCH3 is 1. The number of carbonyl (C=O) groups is 3. The molecule has 2 saturated carbocycles. The lowest BCUT2D eigenvalue weighted by molar-refractivity contribution is -0.141. The number of H-pyrrole nitrogens is 2. The quantitative estimate of drug-likeness (QED) is 0.165. The van der Waals surface area contributed by atoms with Crippen molar-refractivity contribution in [1.82, 2.24) is 35.1 Å². The van der Waals surface area contributed by atoms with Gasteiger partial charge < -0.3 is 29.8 Å². The molecule has 4 aromatic rings. The second kappa shape index (κ2) is 14.3. The largest absolute Gasteiger partial charge is 0.453 e. The van der Waals surface area contributed by atoms with Gasteiger partial charge in [0.25, 0.3) is 0 Å². The first-order chi connectivity index (χ1) is 26.0. The molecule has 2 aromatic heterocycles. The number of hydrogen-bond donors (Lipinski definition) is 3. The second-order valence-corrected chi connectivity index (χ2v) is 16.6. The number of imidazole rings is 2. The van der Waals surface area contributed by atoms with Gasteiger partial charge in [-0.2, -0.15) is 0 Å². The predicted molar refractivity (Wildman–Crippen MR) is 206 cm³/mol. The van der Waals surface area contributed by atoms with Gasteiger partial charge in [-0.25, -0.2) is 14.8 Å². The number of ether oxygens (including phenoxy) is 1. The molecule has 4 fully saturated rings. The van der Waals surface area contributed by atoms with Crippen LogP contribution >= 0.6 is 0 Å².